The van der Waals surface area contributed by atoms with Crippen molar-refractivity contribution in [2.45, 2.75) is 42.8 Å². The third-order valence-corrected chi connectivity index (χ3v) is 7.78. The number of thiophene rings is 1. The van der Waals surface area contributed by atoms with Crippen molar-refractivity contribution in [3.05, 3.63) is 69.5 Å². The average Bonchev–Trinajstić information content (AvgIpc) is 3.56. The van der Waals surface area contributed by atoms with E-state index in [1.54, 1.807) is 34.4 Å². The molecule has 1 unspecified atom stereocenters. The lowest BCUT2D eigenvalue weighted by Gasteiger charge is -2.14. The van der Waals surface area contributed by atoms with Gasteiger partial charge in [-0.3, -0.25) is 4.57 Å². The molecule has 3 aromatic heterocycles. The average molecular weight is 455 g/mol. The van der Waals surface area contributed by atoms with Gasteiger partial charge in [0.15, 0.2) is 11.0 Å². The molecule has 1 aliphatic rings. The van der Waals surface area contributed by atoms with E-state index < -0.39 is 0 Å². The van der Waals surface area contributed by atoms with Crippen LogP contribution in [0.25, 0.3) is 10.7 Å². The van der Waals surface area contributed by atoms with E-state index >= 15 is 0 Å². The topological polar surface area (TPSA) is 52.8 Å². The van der Waals surface area contributed by atoms with Gasteiger partial charge in [0.2, 0.25) is 0 Å². The van der Waals surface area contributed by atoms with Crippen LogP contribution in [0.5, 0.6) is 0 Å². The molecule has 1 saturated heterocycles. The van der Waals surface area contributed by atoms with Crippen LogP contribution in [0.1, 0.15) is 29.1 Å². The molecule has 1 atom stereocenters. The summed E-state index contributed by atoms with van der Waals surface area (Å²) in [6.45, 7) is 1.66. The second kappa shape index (κ2) is 9.43. The van der Waals surface area contributed by atoms with E-state index in [0.717, 1.165) is 64.7 Å². The highest BCUT2D eigenvalue weighted by atomic mass is 32.2. The molecule has 0 saturated carbocycles. The van der Waals surface area contributed by atoms with Gasteiger partial charge >= 0.3 is 0 Å². The van der Waals surface area contributed by atoms with Crippen molar-refractivity contribution in [2.24, 2.45) is 0 Å². The van der Waals surface area contributed by atoms with Gasteiger partial charge in [-0.2, -0.15) is 0 Å². The highest BCUT2D eigenvalue weighted by Gasteiger charge is 2.22. The fraction of sp³-hybridized carbons (Fsp3) is 0.318. The van der Waals surface area contributed by atoms with Crippen LogP contribution < -0.4 is 0 Å². The number of thioether (sulfide) groups is 1. The van der Waals surface area contributed by atoms with Crippen LogP contribution in [0, 0.1) is 0 Å². The van der Waals surface area contributed by atoms with Crippen molar-refractivity contribution < 1.29 is 4.74 Å². The van der Waals surface area contributed by atoms with Gasteiger partial charge in [0.1, 0.15) is 0 Å². The van der Waals surface area contributed by atoms with Crippen molar-refractivity contribution in [1.29, 1.82) is 0 Å². The maximum absolute atomic E-state index is 5.88. The molecule has 1 aliphatic heterocycles. The maximum Gasteiger partial charge on any atom is 0.191 e. The van der Waals surface area contributed by atoms with E-state index in [4.69, 9.17) is 9.72 Å². The van der Waals surface area contributed by atoms with Crippen molar-refractivity contribution in [1.82, 2.24) is 19.7 Å². The number of rotatable bonds is 8. The molecule has 30 heavy (non-hydrogen) atoms. The Labute approximate surface area is 188 Å². The van der Waals surface area contributed by atoms with Gasteiger partial charge in [0.05, 0.1) is 28.2 Å². The van der Waals surface area contributed by atoms with Crippen LogP contribution in [-0.4, -0.2) is 32.5 Å². The molecule has 4 aromatic rings. The summed E-state index contributed by atoms with van der Waals surface area (Å²) in [6.07, 6.45) is 3.36. The van der Waals surface area contributed by atoms with E-state index in [1.165, 1.54) is 5.56 Å². The molecule has 0 radical (unpaired) electrons. The molecule has 5 nitrogen and oxygen atoms in total. The van der Waals surface area contributed by atoms with Gasteiger partial charge in [-0.1, -0.05) is 48.2 Å². The molecule has 8 heteroatoms. The summed E-state index contributed by atoms with van der Waals surface area (Å²) < 4.78 is 8.11. The number of thiazole rings is 1. The summed E-state index contributed by atoms with van der Waals surface area (Å²) in [5.74, 6) is 1.73. The minimum absolute atomic E-state index is 0.246. The Hall–Kier alpha value is -2.00. The van der Waals surface area contributed by atoms with Crippen LogP contribution in [0.2, 0.25) is 0 Å². The molecule has 1 aromatic carbocycles. The number of benzene rings is 1. The minimum atomic E-state index is 0.246. The highest BCUT2D eigenvalue weighted by molar-refractivity contribution is 7.98. The first kappa shape index (κ1) is 19.9. The smallest absolute Gasteiger partial charge is 0.191 e. The normalized spacial score (nSPS) is 16.3. The minimum Gasteiger partial charge on any atom is -0.376 e. The first-order chi connectivity index (χ1) is 14.8. The Bertz CT molecular complexity index is 1070. The standard InChI is InChI=1S/C22H22N4OS3/c1-2-6-16(7-3-1)12-20-23-17(14-29-20)15-30-22-25-24-21(19-9-5-11-28-19)26(22)13-18-8-4-10-27-18/h1-3,5-7,9,11,14,18H,4,8,10,12-13,15H2. The molecule has 0 bridgehead atoms. The van der Waals surface area contributed by atoms with E-state index in [9.17, 15) is 0 Å². The zero-order chi connectivity index (χ0) is 20.2. The molecule has 5 rings (SSSR count). The summed E-state index contributed by atoms with van der Waals surface area (Å²) in [6, 6.07) is 14.7. The number of aromatic nitrogens is 4. The Morgan fingerprint density at radius 1 is 1.10 bits per heavy atom. The van der Waals surface area contributed by atoms with Crippen LogP contribution in [0.4, 0.5) is 0 Å². The molecular weight excluding hydrogens is 432 g/mol. The Morgan fingerprint density at radius 2 is 2.03 bits per heavy atom. The van der Waals surface area contributed by atoms with E-state index in [-0.39, 0.29) is 6.10 Å². The predicted molar refractivity (Wildman–Crippen MR) is 123 cm³/mol. The second-order valence-corrected chi connectivity index (χ2v) is 10.0. The van der Waals surface area contributed by atoms with Crippen molar-refractivity contribution in [2.75, 3.05) is 6.61 Å². The lowest BCUT2D eigenvalue weighted by molar-refractivity contribution is 0.0953. The monoisotopic (exact) mass is 454 g/mol. The molecular formula is C22H22N4OS3. The van der Waals surface area contributed by atoms with Crippen molar-refractivity contribution in [3.8, 4) is 10.7 Å². The van der Waals surface area contributed by atoms with Crippen molar-refractivity contribution >= 4 is 34.4 Å². The quantitative estimate of drug-likeness (QED) is 0.328. The van der Waals surface area contributed by atoms with E-state index in [1.807, 2.05) is 6.07 Å². The van der Waals surface area contributed by atoms with Gasteiger partial charge < -0.3 is 4.74 Å². The van der Waals surface area contributed by atoms with Crippen LogP contribution in [0.3, 0.4) is 0 Å². The fourth-order valence-electron chi connectivity index (χ4n) is 3.55. The third-order valence-electron chi connectivity index (χ3n) is 5.02. The van der Waals surface area contributed by atoms with Gasteiger partial charge in [-0.15, -0.1) is 32.9 Å². The second-order valence-electron chi connectivity index (χ2n) is 7.21. The summed E-state index contributed by atoms with van der Waals surface area (Å²) in [5, 5.41) is 15.3. The van der Waals surface area contributed by atoms with Gasteiger partial charge in [0.25, 0.3) is 0 Å². The molecule has 0 aliphatic carbocycles. The third kappa shape index (κ3) is 4.67. The molecule has 0 spiro atoms. The SMILES string of the molecule is c1ccc(Cc2nc(CSc3nnc(-c4cccs4)n3CC3CCCO3)cs2)cc1. The zero-order valence-electron chi connectivity index (χ0n) is 16.4. The lowest BCUT2D eigenvalue weighted by Crippen LogP contribution is -2.16. The number of nitrogens with zero attached hydrogens (tertiary/aromatic N) is 4. The first-order valence-electron chi connectivity index (χ1n) is 10.0. The van der Waals surface area contributed by atoms with Gasteiger partial charge in [0, 0.05) is 24.2 Å². The Morgan fingerprint density at radius 3 is 2.83 bits per heavy atom. The first-order valence-corrected chi connectivity index (χ1v) is 12.8. The van der Waals surface area contributed by atoms with Gasteiger partial charge in [-0.25, -0.2) is 4.98 Å². The summed E-state index contributed by atoms with van der Waals surface area (Å²) in [5.41, 5.74) is 2.39. The predicted octanol–water partition coefficient (Wildman–Crippen LogP) is 5.53. The molecule has 0 N–H and O–H groups in total. The van der Waals surface area contributed by atoms with Gasteiger partial charge in [-0.05, 0) is 29.9 Å². The van der Waals surface area contributed by atoms with Crippen LogP contribution >= 0.6 is 34.4 Å². The maximum atomic E-state index is 5.88. The summed E-state index contributed by atoms with van der Waals surface area (Å²) in [4.78, 5) is 5.97. The molecule has 0 amide bonds. The Balaban J connectivity index is 1.30. The zero-order valence-corrected chi connectivity index (χ0v) is 18.9. The molecule has 1 fully saturated rings. The fourth-order valence-corrected chi connectivity index (χ4v) is 6.04. The highest BCUT2D eigenvalue weighted by Crippen LogP contribution is 2.30. The number of hydrogen-bond acceptors (Lipinski definition) is 7. The molecule has 4 heterocycles. The Kier molecular flexibility index (Phi) is 6.26. The number of ether oxygens (including phenoxy) is 1. The largest absolute Gasteiger partial charge is 0.376 e. The summed E-state index contributed by atoms with van der Waals surface area (Å²) in [7, 11) is 0. The van der Waals surface area contributed by atoms with Crippen LogP contribution in [0.15, 0.2) is 58.4 Å². The number of hydrogen-bond donors (Lipinski definition) is 0. The van der Waals surface area contributed by atoms with E-state index in [2.05, 4.69) is 61.9 Å². The van der Waals surface area contributed by atoms with E-state index in [0.29, 0.717) is 0 Å². The lowest BCUT2D eigenvalue weighted by atomic mass is 10.2. The van der Waals surface area contributed by atoms with Crippen LogP contribution in [-0.2, 0) is 23.5 Å². The molecule has 154 valence electrons. The summed E-state index contributed by atoms with van der Waals surface area (Å²) >= 11 is 5.13. The van der Waals surface area contributed by atoms with Crippen molar-refractivity contribution in [3.63, 3.8) is 0 Å².